The fourth-order valence-corrected chi connectivity index (χ4v) is 2.61. The summed E-state index contributed by atoms with van der Waals surface area (Å²) in [6.07, 6.45) is 3.17. The van der Waals surface area contributed by atoms with Crippen molar-refractivity contribution in [2.75, 3.05) is 13.1 Å². The lowest BCUT2D eigenvalue weighted by Gasteiger charge is -2.33. The Morgan fingerprint density at radius 1 is 1.29 bits per heavy atom. The maximum atomic E-state index is 11.8. The van der Waals surface area contributed by atoms with Crippen LogP contribution in [0.4, 0.5) is 4.79 Å². The topological polar surface area (TPSA) is 55.6 Å². The van der Waals surface area contributed by atoms with E-state index in [0.717, 1.165) is 37.8 Å². The van der Waals surface area contributed by atoms with Crippen LogP contribution in [0.1, 0.15) is 40.0 Å². The van der Waals surface area contributed by atoms with Gasteiger partial charge in [-0.3, -0.25) is 0 Å². The molecule has 1 saturated heterocycles. The summed E-state index contributed by atoms with van der Waals surface area (Å²) in [6, 6.07) is 0.424. The van der Waals surface area contributed by atoms with Crippen LogP contribution in [0.5, 0.6) is 0 Å². The minimum atomic E-state index is -0.396. The van der Waals surface area contributed by atoms with Gasteiger partial charge in [0.15, 0.2) is 0 Å². The van der Waals surface area contributed by atoms with Gasteiger partial charge in [-0.15, -0.1) is 0 Å². The zero-order valence-corrected chi connectivity index (χ0v) is 11.1. The average molecular weight is 240 g/mol. The summed E-state index contributed by atoms with van der Waals surface area (Å²) in [5.41, 5.74) is 5.47. The van der Waals surface area contributed by atoms with Crippen LogP contribution >= 0.6 is 0 Å². The van der Waals surface area contributed by atoms with E-state index in [0.29, 0.717) is 6.04 Å². The van der Waals surface area contributed by atoms with Crippen molar-refractivity contribution in [1.82, 2.24) is 4.90 Å². The van der Waals surface area contributed by atoms with Crippen LogP contribution in [0.3, 0.4) is 0 Å². The highest BCUT2D eigenvalue weighted by molar-refractivity contribution is 5.68. The summed E-state index contributed by atoms with van der Waals surface area (Å²) in [5, 5.41) is 0. The van der Waals surface area contributed by atoms with E-state index in [1.807, 2.05) is 25.7 Å². The van der Waals surface area contributed by atoms with Gasteiger partial charge < -0.3 is 15.4 Å². The maximum Gasteiger partial charge on any atom is 0.410 e. The van der Waals surface area contributed by atoms with E-state index in [1.54, 1.807) is 0 Å². The molecule has 2 atom stereocenters. The van der Waals surface area contributed by atoms with Crippen molar-refractivity contribution >= 4 is 6.09 Å². The first-order valence-electron chi connectivity index (χ1n) is 6.60. The second-order valence-corrected chi connectivity index (χ2v) is 6.37. The van der Waals surface area contributed by atoms with Crippen molar-refractivity contribution in [2.45, 2.75) is 51.7 Å². The van der Waals surface area contributed by atoms with E-state index in [9.17, 15) is 4.79 Å². The molecule has 1 heterocycles. The quantitative estimate of drug-likeness (QED) is 0.762. The van der Waals surface area contributed by atoms with Crippen molar-refractivity contribution < 1.29 is 9.53 Å². The molecule has 0 radical (unpaired) electrons. The first-order chi connectivity index (χ1) is 7.87. The maximum absolute atomic E-state index is 11.8. The molecule has 0 aromatic rings. The number of carbonyl (C=O) groups is 1. The van der Waals surface area contributed by atoms with Crippen LogP contribution in [0, 0.1) is 11.8 Å². The fourth-order valence-electron chi connectivity index (χ4n) is 2.61. The molecular formula is C13H24N2O2. The van der Waals surface area contributed by atoms with Gasteiger partial charge in [-0.25, -0.2) is 4.79 Å². The Bertz CT molecular complexity index is 290. The van der Waals surface area contributed by atoms with Crippen LogP contribution in [-0.4, -0.2) is 35.7 Å². The molecule has 0 unspecified atom stereocenters. The zero-order chi connectivity index (χ0) is 12.6. The van der Waals surface area contributed by atoms with Gasteiger partial charge >= 0.3 is 6.09 Å². The standard InChI is InChI=1S/C13H24N2O2/c1-13(2,3)17-12(16)15-6-4-9(5-7-15)10-8-11(10)14/h9-11H,4-8,14H2,1-3H3/t10-,11+/m1/s1. The summed E-state index contributed by atoms with van der Waals surface area (Å²) < 4.78 is 5.37. The highest BCUT2D eigenvalue weighted by Crippen LogP contribution is 2.40. The molecule has 0 aromatic carbocycles. The Balaban J connectivity index is 1.76. The van der Waals surface area contributed by atoms with Gasteiger partial charge in [-0.1, -0.05) is 0 Å². The Morgan fingerprint density at radius 3 is 2.24 bits per heavy atom. The smallest absolute Gasteiger partial charge is 0.410 e. The molecule has 2 fully saturated rings. The van der Waals surface area contributed by atoms with E-state index in [1.165, 1.54) is 6.42 Å². The fraction of sp³-hybridized carbons (Fsp3) is 0.923. The monoisotopic (exact) mass is 240 g/mol. The number of piperidine rings is 1. The Labute approximate surface area is 103 Å². The van der Waals surface area contributed by atoms with E-state index in [2.05, 4.69) is 0 Å². The molecule has 4 heteroatoms. The van der Waals surface area contributed by atoms with Crippen LogP contribution < -0.4 is 5.73 Å². The minimum absolute atomic E-state index is 0.170. The molecule has 1 aliphatic carbocycles. The van der Waals surface area contributed by atoms with Gasteiger partial charge in [-0.05, 0) is 51.9 Å². The van der Waals surface area contributed by atoms with Crippen molar-refractivity contribution in [3.05, 3.63) is 0 Å². The van der Waals surface area contributed by atoms with Crippen molar-refractivity contribution in [1.29, 1.82) is 0 Å². The van der Waals surface area contributed by atoms with E-state index in [-0.39, 0.29) is 6.09 Å². The van der Waals surface area contributed by atoms with Gasteiger partial charge in [-0.2, -0.15) is 0 Å². The summed E-state index contributed by atoms with van der Waals surface area (Å²) in [6.45, 7) is 7.36. The van der Waals surface area contributed by atoms with E-state index < -0.39 is 5.60 Å². The van der Waals surface area contributed by atoms with Gasteiger partial charge in [0.2, 0.25) is 0 Å². The predicted octanol–water partition coefficient (Wildman–Crippen LogP) is 1.98. The summed E-state index contributed by atoms with van der Waals surface area (Å²) in [7, 11) is 0. The van der Waals surface area contributed by atoms with Gasteiger partial charge in [0.1, 0.15) is 5.60 Å². The molecule has 2 rings (SSSR count). The lowest BCUT2D eigenvalue weighted by atomic mass is 9.92. The molecule has 1 aliphatic heterocycles. The molecule has 2 aliphatic rings. The first kappa shape index (κ1) is 12.7. The number of hydrogen-bond acceptors (Lipinski definition) is 3. The Morgan fingerprint density at radius 2 is 1.82 bits per heavy atom. The molecule has 98 valence electrons. The van der Waals surface area contributed by atoms with Crippen LogP contribution in [0.15, 0.2) is 0 Å². The minimum Gasteiger partial charge on any atom is -0.444 e. The SMILES string of the molecule is CC(C)(C)OC(=O)N1CCC([C@H]2C[C@@H]2N)CC1. The van der Waals surface area contributed by atoms with Gasteiger partial charge in [0, 0.05) is 19.1 Å². The third-order valence-corrected chi connectivity index (χ3v) is 3.69. The average Bonchev–Trinajstić information content (AvgIpc) is 2.93. The number of likely N-dealkylation sites (tertiary alicyclic amines) is 1. The third-order valence-electron chi connectivity index (χ3n) is 3.69. The zero-order valence-electron chi connectivity index (χ0n) is 11.1. The number of nitrogens with two attached hydrogens (primary N) is 1. The highest BCUT2D eigenvalue weighted by atomic mass is 16.6. The van der Waals surface area contributed by atoms with E-state index >= 15 is 0 Å². The summed E-state index contributed by atoms with van der Waals surface area (Å²) in [4.78, 5) is 13.7. The lowest BCUT2D eigenvalue weighted by molar-refractivity contribution is 0.0175. The molecule has 4 nitrogen and oxygen atoms in total. The third kappa shape index (κ3) is 3.35. The first-order valence-corrected chi connectivity index (χ1v) is 6.60. The molecule has 0 spiro atoms. The van der Waals surface area contributed by atoms with Crippen molar-refractivity contribution in [2.24, 2.45) is 17.6 Å². The predicted molar refractivity (Wildman–Crippen MR) is 66.6 cm³/mol. The molecule has 1 amide bonds. The number of rotatable bonds is 1. The van der Waals surface area contributed by atoms with Crippen LogP contribution in [0.2, 0.25) is 0 Å². The lowest BCUT2D eigenvalue weighted by Crippen LogP contribution is -2.42. The number of ether oxygens (including phenoxy) is 1. The molecule has 2 N–H and O–H groups in total. The van der Waals surface area contributed by atoms with Crippen LogP contribution in [-0.2, 0) is 4.74 Å². The second kappa shape index (κ2) is 4.48. The Hall–Kier alpha value is -0.770. The summed E-state index contributed by atoms with van der Waals surface area (Å²) >= 11 is 0. The molecule has 17 heavy (non-hydrogen) atoms. The number of carbonyl (C=O) groups excluding carboxylic acids is 1. The van der Waals surface area contributed by atoms with Crippen molar-refractivity contribution in [3.8, 4) is 0 Å². The van der Waals surface area contributed by atoms with Gasteiger partial charge in [0.05, 0.1) is 0 Å². The molecule has 0 bridgehead atoms. The van der Waals surface area contributed by atoms with Crippen molar-refractivity contribution in [3.63, 3.8) is 0 Å². The molecule has 1 saturated carbocycles. The van der Waals surface area contributed by atoms with E-state index in [4.69, 9.17) is 10.5 Å². The molecular weight excluding hydrogens is 216 g/mol. The number of nitrogens with zero attached hydrogens (tertiary/aromatic N) is 1. The second-order valence-electron chi connectivity index (χ2n) is 6.37. The van der Waals surface area contributed by atoms with Gasteiger partial charge in [0.25, 0.3) is 0 Å². The molecule has 0 aromatic heterocycles. The summed E-state index contributed by atoms with van der Waals surface area (Å²) in [5.74, 6) is 1.44. The number of amides is 1. The number of hydrogen-bond donors (Lipinski definition) is 1. The van der Waals surface area contributed by atoms with Crippen LogP contribution in [0.25, 0.3) is 0 Å². The highest BCUT2D eigenvalue weighted by Gasteiger charge is 2.41. The Kier molecular flexibility index (Phi) is 3.34. The largest absolute Gasteiger partial charge is 0.444 e. The normalized spacial score (nSPS) is 30.2.